The van der Waals surface area contributed by atoms with Crippen LogP contribution in [0, 0.1) is 6.92 Å². The van der Waals surface area contributed by atoms with Gasteiger partial charge in [0, 0.05) is 25.8 Å². The molecule has 3 rings (SSSR count). The van der Waals surface area contributed by atoms with Gasteiger partial charge < -0.3 is 9.80 Å². The number of aliphatic imine (C=N–C) groups is 1. The summed E-state index contributed by atoms with van der Waals surface area (Å²) in [5.41, 5.74) is 2.44. The molecule has 1 saturated heterocycles. The number of amides is 1. The van der Waals surface area contributed by atoms with Gasteiger partial charge in [0.25, 0.3) is 0 Å². The molecule has 0 bridgehead atoms. The van der Waals surface area contributed by atoms with Crippen molar-refractivity contribution in [3.05, 3.63) is 35.4 Å². The third-order valence-corrected chi connectivity index (χ3v) is 6.60. The molecule has 2 aliphatic rings. The molecule has 6 heteroatoms. The number of thioether (sulfide) groups is 1. The van der Waals surface area contributed by atoms with Crippen LogP contribution in [0.25, 0.3) is 0 Å². The molecule has 0 N–H and O–H groups in total. The molecule has 0 radical (unpaired) electrons. The monoisotopic (exact) mass is 423 g/mol. The molecule has 1 atom stereocenters. The fraction of sp³-hybridized carbons (Fsp3) is 0.636. The van der Waals surface area contributed by atoms with Crippen molar-refractivity contribution in [1.82, 2.24) is 9.80 Å². The van der Waals surface area contributed by atoms with Gasteiger partial charge in [0.05, 0.1) is 6.04 Å². The van der Waals surface area contributed by atoms with Crippen LogP contribution in [0.4, 0.5) is 0 Å². The van der Waals surface area contributed by atoms with Crippen LogP contribution in [-0.4, -0.2) is 45.4 Å². The highest BCUT2D eigenvalue weighted by Gasteiger charge is 2.35. The maximum absolute atomic E-state index is 12.5. The minimum atomic E-state index is 0. The Morgan fingerprint density at radius 1 is 1.21 bits per heavy atom. The molecule has 1 aliphatic carbocycles. The standard InChI is InChI=1S/C22H33N3OS.ClH/c1-4-14-24-21(16-27-22(24)23-20-8-6-5-7-9-20)25(18(3)26)15-19-12-10-17(2)11-13-19;/h10-13,20-21H,4-9,14-16H2,1-3H3;1H. The number of amidine groups is 1. The lowest BCUT2D eigenvalue weighted by Gasteiger charge is -2.35. The molecule has 1 saturated carbocycles. The molecule has 4 nitrogen and oxygen atoms in total. The number of nitrogens with zero attached hydrogens (tertiary/aromatic N) is 3. The fourth-order valence-electron chi connectivity index (χ4n) is 3.99. The zero-order chi connectivity index (χ0) is 19.2. The van der Waals surface area contributed by atoms with E-state index in [1.54, 1.807) is 6.92 Å². The van der Waals surface area contributed by atoms with Gasteiger partial charge in [0.2, 0.25) is 5.91 Å². The van der Waals surface area contributed by atoms with Crippen LogP contribution in [0.3, 0.4) is 0 Å². The van der Waals surface area contributed by atoms with E-state index in [1.807, 2.05) is 16.7 Å². The minimum absolute atomic E-state index is 0. The van der Waals surface area contributed by atoms with E-state index in [2.05, 4.69) is 43.0 Å². The van der Waals surface area contributed by atoms with E-state index in [-0.39, 0.29) is 24.5 Å². The van der Waals surface area contributed by atoms with Crippen molar-refractivity contribution in [3.8, 4) is 0 Å². The minimum Gasteiger partial charge on any atom is -0.330 e. The van der Waals surface area contributed by atoms with E-state index in [0.29, 0.717) is 12.6 Å². The molecule has 2 fully saturated rings. The molecular formula is C22H34ClN3OS. The van der Waals surface area contributed by atoms with E-state index in [1.165, 1.54) is 43.2 Å². The summed E-state index contributed by atoms with van der Waals surface area (Å²) in [5.74, 6) is 1.05. The Morgan fingerprint density at radius 2 is 1.89 bits per heavy atom. The van der Waals surface area contributed by atoms with Gasteiger partial charge in [0.15, 0.2) is 5.17 Å². The highest BCUT2D eigenvalue weighted by Crippen LogP contribution is 2.30. The first-order valence-electron chi connectivity index (χ1n) is 10.4. The number of carbonyl (C=O) groups is 1. The van der Waals surface area contributed by atoms with Gasteiger partial charge in [-0.15, -0.1) is 12.4 Å². The van der Waals surface area contributed by atoms with Crippen molar-refractivity contribution in [2.24, 2.45) is 4.99 Å². The molecule has 0 spiro atoms. The molecule has 1 heterocycles. The van der Waals surface area contributed by atoms with Crippen LogP contribution in [0.5, 0.6) is 0 Å². The largest absolute Gasteiger partial charge is 0.330 e. The summed E-state index contributed by atoms with van der Waals surface area (Å²) in [4.78, 5) is 22.0. The molecule has 0 aromatic heterocycles. The lowest BCUT2D eigenvalue weighted by Crippen LogP contribution is -2.49. The van der Waals surface area contributed by atoms with E-state index in [4.69, 9.17) is 4.99 Å². The third-order valence-electron chi connectivity index (χ3n) is 5.54. The number of halogens is 1. The van der Waals surface area contributed by atoms with Crippen molar-refractivity contribution in [1.29, 1.82) is 0 Å². The predicted octanol–water partition coefficient (Wildman–Crippen LogP) is 5.24. The second-order valence-corrected chi connectivity index (χ2v) is 8.81. The molecule has 1 aromatic rings. The van der Waals surface area contributed by atoms with Gasteiger partial charge in [-0.3, -0.25) is 9.79 Å². The Morgan fingerprint density at radius 3 is 2.50 bits per heavy atom. The Kier molecular flexibility index (Phi) is 9.16. The van der Waals surface area contributed by atoms with Crippen LogP contribution in [0.2, 0.25) is 0 Å². The van der Waals surface area contributed by atoms with Crippen molar-refractivity contribution in [3.63, 3.8) is 0 Å². The zero-order valence-electron chi connectivity index (χ0n) is 17.4. The van der Waals surface area contributed by atoms with Crippen LogP contribution in [-0.2, 0) is 11.3 Å². The van der Waals surface area contributed by atoms with Crippen molar-refractivity contribution >= 4 is 35.2 Å². The van der Waals surface area contributed by atoms with Gasteiger partial charge in [-0.2, -0.15) is 0 Å². The molecule has 156 valence electrons. The fourth-order valence-corrected chi connectivity index (χ4v) is 5.25. The second-order valence-electron chi connectivity index (χ2n) is 7.82. The summed E-state index contributed by atoms with van der Waals surface area (Å²) in [6.45, 7) is 7.62. The zero-order valence-corrected chi connectivity index (χ0v) is 19.0. The van der Waals surface area contributed by atoms with Crippen molar-refractivity contribution in [2.75, 3.05) is 12.3 Å². The van der Waals surface area contributed by atoms with Crippen LogP contribution >= 0.6 is 24.2 Å². The Labute approximate surface area is 180 Å². The Balaban J connectivity index is 0.00000280. The highest BCUT2D eigenvalue weighted by molar-refractivity contribution is 8.14. The number of hydrogen-bond donors (Lipinski definition) is 0. The number of rotatable bonds is 6. The van der Waals surface area contributed by atoms with Crippen LogP contribution in [0.15, 0.2) is 29.3 Å². The molecule has 1 amide bonds. The van der Waals surface area contributed by atoms with Gasteiger partial charge in [-0.05, 0) is 31.7 Å². The van der Waals surface area contributed by atoms with Gasteiger partial charge in [0.1, 0.15) is 6.17 Å². The summed E-state index contributed by atoms with van der Waals surface area (Å²) < 4.78 is 0. The number of hydrogen-bond acceptors (Lipinski definition) is 3. The lowest BCUT2D eigenvalue weighted by atomic mass is 9.96. The summed E-state index contributed by atoms with van der Waals surface area (Å²) in [7, 11) is 0. The maximum atomic E-state index is 12.5. The topological polar surface area (TPSA) is 35.9 Å². The quantitative estimate of drug-likeness (QED) is 0.627. The van der Waals surface area contributed by atoms with Gasteiger partial charge >= 0.3 is 0 Å². The normalized spacial score (nSPS) is 21.6. The Hall–Kier alpha value is -1.20. The predicted molar refractivity (Wildman–Crippen MR) is 122 cm³/mol. The van der Waals surface area contributed by atoms with Crippen molar-refractivity contribution < 1.29 is 4.79 Å². The first-order valence-corrected chi connectivity index (χ1v) is 11.4. The van der Waals surface area contributed by atoms with Gasteiger partial charge in [-0.25, -0.2) is 0 Å². The van der Waals surface area contributed by atoms with Crippen molar-refractivity contribution in [2.45, 2.75) is 78.0 Å². The molecule has 1 aliphatic heterocycles. The summed E-state index contributed by atoms with van der Waals surface area (Å²) in [6, 6.07) is 8.98. The summed E-state index contributed by atoms with van der Waals surface area (Å²) >= 11 is 1.83. The molecule has 28 heavy (non-hydrogen) atoms. The molecular weight excluding hydrogens is 390 g/mol. The summed E-state index contributed by atoms with van der Waals surface area (Å²) in [6.07, 6.45) is 7.56. The van der Waals surface area contributed by atoms with E-state index in [0.717, 1.165) is 23.9 Å². The van der Waals surface area contributed by atoms with Crippen LogP contribution in [0.1, 0.15) is 63.5 Å². The smallest absolute Gasteiger partial charge is 0.221 e. The number of aryl methyl sites for hydroxylation is 1. The first kappa shape index (κ1) is 23.1. The van der Waals surface area contributed by atoms with E-state index >= 15 is 0 Å². The SMILES string of the molecule is CCCN1C(=NC2CCCCC2)SCC1N(Cc1ccc(C)cc1)C(C)=O.Cl. The molecule has 1 aromatic carbocycles. The summed E-state index contributed by atoms with van der Waals surface area (Å²) in [5, 5.41) is 1.16. The third kappa shape index (κ3) is 5.90. The van der Waals surface area contributed by atoms with E-state index < -0.39 is 0 Å². The highest BCUT2D eigenvalue weighted by atomic mass is 35.5. The van der Waals surface area contributed by atoms with E-state index in [9.17, 15) is 4.79 Å². The lowest BCUT2D eigenvalue weighted by molar-refractivity contribution is -0.133. The number of benzene rings is 1. The van der Waals surface area contributed by atoms with Gasteiger partial charge in [-0.1, -0.05) is 67.8 Å². The number of carbonyl (C=O) groups excluding carboxylic acids is 1. The molecule has 1 unspecified atom stereocenters. The maximum Gasteiger partial charge on any atom is 0.221 e. The Bertz CT molecular complexity index is 658. The average molecular weight is 424 g/mol. The van der Waals surface area contributed by atoms with Crippen LogP contribution < -0.4 is 0 Å². The average Bonchev–Trinajstić information content (AvgIpc) is 3.04. The second kappa shape index (κ2) is 11.1. The first-order chi connectivity index (χ1) is 13.1.